The summed E-state index contributed by atoms with van der Waals surface area (Å²) in [6.07, 6.45) is 6.51. The zero-order valence-corrected chi connectivity index (χ0v) is 14.4. The lowest BCUT2D eigenvalue weighted by Gasteiger charge is -2.16. The number of rotatable bonds is 10. The van der Waals surface area contributed by atoms with E-state index >= 15 is 0 Å². The van der Waals surface area contributed by atoms with Gasteiger partial charge < -0.3 is 9.47 Å². The summed E-state index contributed by atoms with van der Waals surface area (Å²) in [5, 5.41) is 0. The third kappa shape index (κ3) is 9.33. The number of unbranched alkanes of at least 4 members (excludes halogenated alkanes) is 2. The average molecular weight is 305 g/mol. The lowest BCUT2D eigenvalue weighted by Crippen LogP contribution is -2.07. The van der Waals surface area contributed by atoms with Crippen molar-refractivity contribution in [3.63, 3.8) is 0 Å². The zero-order valence-electron chi connectivity index (χ0n) is 12.8. The first-order chi connectivity index (χ1) is 9.19. The minimum Gasteiger partial charge on any atom is -0.465 e. The smallest absolute Gasteiger partial charge is 0.285 e. The van der Waals surface area contributed by atoms with E-state index in [0.717, 1.165) is 31.4 Å². The van der Waals surface area contributed by atoms with Gasteiger partial charge in [-0.2, -0.15) is 0 Å². The Hall–Kier alpha value is -0.220. The topological polar surface area (TPSA) is 18.5 Å². The lowest BCUT2D eigenvalue weighted by atomic mass is 10.1. The maximum Gasteiger partial charge on any atom is 0.285 e. The molecule has 0 aromatic rings. The second kappa shape index (κ2) is 12.8. The molecule has 0 radical (unpaired) electrons. The summed E-state index contributed by atoms with van der Waals surface area (Å²) in [7, 11) is 0. The molecular weight excluding hydrogens is 276 g/mol. The molecule has 0 heterocycles. The van der Waals surface area contributed by atoms with Crippen molar-refractivity contribution in [2.45, 2.75) is 66.2 Å². The third-order valence-electron chi connectivity index (χ3n) is 2.72. The molecule has 0 N–H and O–H groups in total. The molecule has 0 atom stereocenters. The number of hydrogen-bond donors (Lipinski definition) is 0. The van der Waals surface area contributed by atoms with E-state index in [2.05, 4.69) is 27.7 Å². The van der Waals surface area contributed by atoms with Crippen LogP contribution < -0.4 is 0 Å². The minimum absolute atomic E-state index is 0.566. The molecule has 0 fully saturated rings. The predicted molar refractivity (Wildman–Crippen MR) is 89.5 cm³/mol. The maximum absolute atomic E-state index is 5.81. The largest absolute Gasteiger partial charge is 0.465 e. The Bertz CT molecular complexity index is 275. The van der Waals surface area contributed by atoms with Crippen molar-refractivity contribution in [2.75, 3.05) is 12.4 Å². The lowest BCUT2D eigenvalue weighted by molar-refractivity contribution is 0.0964. The fraction of sp³-hybridized carbons (Fsp3) is 0.800. The first-order valence-corrected chi connectivity index (χ1v) is 8.78. The highest BCUT2D eigenvalue weighted by Gasteiger charge is 2.11. The van der Waals surface area contributed by atoms with Crippen molar-refractivity contribution < 1.29 is 9.47 Å². The van der Waals surface area contributed by atoms with Crippen molar-refractivity contribution in [3.05, 3.63) is 11.5 Å². The summed E-state index contributed by atoms with van der Waals surface area (Å²) in [6.45, 7) is 9.28. The van der Waals surface area contributed by atoms with Crippen LogP contribution in [0.2, 0.25) is 0 Å². The van der Waals surface area contributed by atoms with Gasteiger partial charge in [-0.25, -0.2) is 0 Å². The van der Waals surface area contributed by atoms with Crippen LogP contribution >= 0.6 is 24.0 Å². The van der Waals surface area contributed by atoms with Crippen molar-refractivity contribution in [2.24, 2.45) is 0 Å². The number of thioether (sulfide) groups is 1. The molecule has 0 aliphatic carbocycles. The van der Waals surface area contributed by atoms with Gasteiger partial charge in [-0.3, -0.25) is 0 Å². The highest BCUT2D eigenvalue weighted by Crippen LogP contribution is 2.21. The Morgan fingerprint density at radius 3 is 2.26 bits per heavy atom. The van der Waals surface area contributed by atoms with Gasteiger partial charge in [0.25, 0.3) is 5.95 Å². The van der Waals surface area contributed by atoms with Gasteiger partial charge in [-0.15, -0.1) is 0 Å². The summed E-state index contributed by atoms with van der Waals surface area (Å²) in [4.78, 5) is 0. The van der Waals surface area contributed by atoms with Crippen molar-refractivity contribution >= 4 is 28.4 Å². The van der Waals surface area contributed by atoms with Crippen LogP contribution in [-0.4, -0.2) is 16.7 Å². The molecule has 0 saturated carbocycles. The molecule has 0 aromatic carbocycles. The molecule has 0 bridgehead atoms. The second-order valence-corrected chi connectivity index (χ2v) is 6.20. The molecule has 19 heavy (non-hydrogen) atoms. The number of thiocarbonyl (C=S) groups is 1. The SMILES string of the molecule is CCCCO/C(OC(=S)SCC)=C(/CC)CCCC. The zero-order chi connectivity index (χ0) is 14.5. The van der Waals surface area contributed by atoms with Gasteiger partial charge in [0.05, 0.1) is 6.61 Å². The van der Waals surface area contributed by atoms with Gasteiger partial charge in [0.2, 0.25) is 4.38 Å². The minimum atomic E-state index is 0.566. The van der Waals surface area contributed by atoms with Crippen LogP contribution in [0.3, 0.4) is 0 Å². The predicted octanol–water partition coefficient (Wildman–Crippen LogP) is 5.67. The molecular formula is C15H28O2S2. The Kier molecular flexibility index (Phi) is 12.6. The molecule has 0 rings (SSSR count). The van der Waals surface area contributed by atoms with Gasteiger partial charge >= 0.3 is 0 Å². The van der Waals surface area contributed by atoms with E-state index in [1.54, 1.807) is 11.8 Å². The summed E-state index contributed by atoms with van der Waals surface area (Å²) >= 11 is 6.76. The third-order valence-corrected chi connectivity index (χ3v) is 3.76. The van der Waals surface area contributed by atoms with Crippen molar-refractivity contribution in [1.82, 2.24) is 0 Å². The van der Waals surface area contributed by atoms with Gasteiger partial charge in [0, 0.05) is 5.57 Å². The van der Waals surface area contributed by atoms with Crippen molar-refractivity contribution in [3.8, 4) is 0 Å². The van der Waals surface area contributed by atoms with E-state index in [1.165, 1.54) is 18.4 Å². The summed E-state index contributed by atoms with van der Waals surface area (Å²) in [6, 6.07) is 0. The fourth-order valence-corrected chi connectivity index (χ4v) is 2.35. The van der Waals surface area contributed by atoms with Gasteiger partial charge in [-0.1, -0.05) is 52.3 Å². The first kappa shape index (κ1) is 18.8. The molecule has 0 aliphatic rings. The summed E-state index contributed by atoms with van der Waals surface area (Å²) < 4.78 is 12.1. The van der Waals surface area contributed by atoms with Crippen LogP contribution in [0.5, 0.6) is 0 Å². The Balaban J connectivity index is 4.67. The molecule has 0 unspecified atom stereocenters. The van der Waals surface area contributed by atoms with Crippen LogP contribution in [0.25, 0.3) is 0 Å². The van der Waals surface area contributed by atoms with Gasteiger partial charge in [-0.05, 0) is 43.7 Å². The van der Waals surface area contributed by atoms with Crippen LogP contribution in [0.1, 0.15) is 66.2 Å². The fourth-order valence-electron chi connectivity index (χ4n) is 1.55. The molecule has 0 spiro atoms. The van der Waals surface area contributed by atoms with Crippen LogP contribution in [0.4, 0.5) is 0 Å². The standard InChI is InChI=1S/C15H28O2S2/c1-5-9-11-13(7-3)14(16-12-10-6-2)17-15(18)19-8-4/h5-12H2,1-4H3/b14-13+. The summed E-state index contributed by atoms with van der Waals surface area (Å²) in [5.74, 6) is 1.59. The molecule has 0 aromatic heterocycles. The van der Waals surface area contributed by atoms with E-state index in [-0.39, 0.29) is 0 Å². The second-order valence-electron chi connectivity index (χ2n) is 4.34. The quantitative estimate of drug-likeness (QED) is 0.294. The van der Waals surface area contributed by atoms with E-state index in [4.69, 9.17) is 21.7 Å². The molecule has 0 amide bonds. The van der Waals surface area contributed by atoms with E-state index in [0.29, 0.717) is 16.9 Å². The highest BCUT2D eigenvalue weighted by atomic mass is 32.2. The highest BCUT2D eigenvalue weighted by molar-refractivity contribution is 8.22. The number of hydrogen-bond acceptors (Lipinski definition) is 4. The molecule has 4 heteroatoms. The monoisotopic (exact) mass is 304 g/mol. The number of allylic oxidation sites excluding steroid dienone is 1. The summed E-state index contributed by atoms with van der Waals surface area (Å²) in [5.41, 5.74) is 1.25. The molecule has 0 aliphatic heterocycles. The van der Waals surface area contributed by atoms with E-state index < -0.39 is 0 Å². The Labute approximate surface area is 128 Å². The first-order valence-electron chi connectivity index (χ1n) is 7.38. The number of ether oxygens (including phenoxy) is 2. The normalized spacial score (nSPS) is 12.0. The maximum atomic E-state index is 5.81. The Morgan fingerprint density at radius 2 is 1.74 bits per heavy atom. The molecule has 2 nitrogen and oxygen atoms in total. The van der Waals surface area contributed by atoms with Crippen molar-refractivity contribution in [1.29, 1.82) is 0 Å². The molecule has 112 valence electrons. The van der Waals surface area contributed by atoms with Gasteiger partial charge in [0.1, 0.15) is 0 Å². The van der Waals surface area contributed by atoms with Crippen LogP contribution in [0.15, 0.2) is 11.5 Å². The van der Waals surface area contributed by atoms with E-state index in [1.807, 2.05) is 0 Å². The van der Waals surface area contributed by atoms with Crippen LogP contribution in [-0.2, 0) is 9.47 Å². The van der Waals surface area contributed by atoms with E-state index in [9.17, 15) is 0 Å². The Morgan fingerprint density at radius 1 is 1.05 bits per heavy atom. The van der Waals surface area contributed by atoms with Crippen LogP contribution in [0, 0.1) is 0 Å². The van der Waals surface area contributed by atoms with Gasteiger partial charge in [0.15, 0.2) is 0 Å². The average Bonchev–Trinajstić information content (AvgIpc) is 2.39. The molecule has 0 saturated heterocycles.